The minimum atomic E-state index is -0.586. The van der Waals surface area contributed by atoms with E-state index in [-0.39, 0.29) is 16.5 Å². The quantitative estimate of drug-likeness (QED) is 0.611. The van der Waals surface area contributed by atoms with Crippen molar-refractivity contribution >= 4 is 40.9 Å². The Morgan fingerprint density at radius 2 is 1.89 bits per heavy atom. The van der Waals surface area contributed by atoms with Gasteiger partial charge >= 0.3 is 0 Å². The lowest BCUT2D eigenvalue weighted by atomic mass is 10.1. The Morgan fingerprint density at radius 3 is 2.46 bits per heavy atom. The van der Waals surface area contributed by atoms with E-state index in [4.69, 9.17) is 11.6 Å². The van der Waals surface area contributed by atoms with Gasteiger partial charge in [-0.05, 0) is 48.4 Å². The molecule has 5 nitrogen and oxygen atoms in total. The summed E-state index contributed by atoms with van der Waals surface area (Å²) >= 11 is 7.06. The van der Waals surface area contributed by atoms with Gasteiger partial charge in [0.1, 0.15) is 22.5 Å². The van der Waals surface area contributed by atoms with Crippen LogP contribution in [0.4, 0.5) is 10.1 Å². The normalized spacial score (nSPS) is 18.0. The van der Waals surface area contributed by atoms with Crippen LogP contribution < -0.4 is 10.2 Å². The number of nitriles is 1. The molecule has 0 aliphatic carbocycles. The molecule has 3 rings (SSSR count). The zero-order valence-electron chi connectivity index (χ0n) is 14.8. The van der Waals surface area contributed by atoms with Crippen molar-refractivity contribution in [1.82, 2.24) is 5.32 Å². The minimum Gasteiger partial charge on any atom is -0.354 e. The van der Waals surface area contributed by atoms with E-state index >= 15 is 0 Å². The molecule has 2 amide bonds. The molecule has 1 aliphatic rings. The van der Waals surface area contributed by atoms with Crippen molar-refractivity contribution in [3.63, 3.8) is 0 Å². The first-order chi connectivity index (χ1) is 13.4. The maximum atomic E-state index is 13.3. The van der Waals surface area contributed by atoms with Gasteiger partial charge in [-0.1, -0.05) is 35.5 Å². The summed E-state index contributed by atoms with van der Waals surface area (Å²) < 4.78 is 13.3. The highest BCUT2D eigenvalue weighted by Crippen LogP contribution is 2.41. The van der Waals surface area contributed by atoms with Crippen molar-refractivity contribution < 1.29 is 14.0 Å². The van der Waals surface area contributed by atoms with Crippen LogP contribution in [0.2, 0.25) is 5.02 Å². The maximum absolute atomic E-state index is 13.3. The molecule has 2 aromatic rings. The van der Waals surface area contributed by atoms with Crippen molar-refractivity contribution in [3.05, 3.63) is 75.5 Å². The Hall–Kier alpha value is -2.82. The second-order valence-corrected chi connectivity index (χ2v) is 7.59. The number of rotatable bonds is 4. The predicted octanol–water partition coefficient (Wildman–Crippen LogP) is 3.65. The van der Waals surface area contributed by atoms with Crippen LogP contribution in [0.15, 0.2) is 59.1 Å². The zero-order chi connectivity index (χ0) is 20.3. The summed E-state index contributed by atoms with van der Waals surface area (Å²) in [4.78, 5) is 26.6. The number of thioether (sulfide) groups is 1. The lowest BCUT2D eigenvalue weighted by Gasteiger charge is -2.18. The van der Waals surface area contributed by atoms with Gasteiger partial charge in [-0.15, -0.1) is 0 Å². The number of nitrogens with one attached hydrogen (secondary N) is 1. The fourth-order valence-corrected chi connectivity index (χ4v) is 4.21. The number of halogens is 2. The molecule has 1 atom stereocenters. The SMILES string of the molecule is CNC(=O)/C(C#N)=C1/S[C@H](Cc2ccc(Cl)cc2)C(=O)N1c1ccc(F)cc1. The van der Waals surface area contributed by atoms with Gasteiger partial charge in [0, 0.05) is 17.8 Å². The topological polar surface area (TPSA) is 73.2 Å². The van der Waals surface area contributed by atoms with E-state index in [0.29, 0.717) is 17.1 Å². The number of hydrogen-bond acceptors (Lipinski definition) is 4. The van der Waals surface area contributed by atoms with Crippen LogP contribution in [-0.2, 0) is 16.0 Å². The molecule has 0 saturated carbocycles. The largest absolute Gasteiger partial charge is 0.354 e. The summed E-state index contributed by atoms with van der Waals surface area (Å²) in [6, 6.07) is 14.3. The van der Waals surface area contributed by atoms with Gasteiger partial charge in [-0.3, -0.25) is 14.5 Å². The number of carbonyl (C=O) groups is 2. The van der Waals surface area contributed by atoms with Gasteiger partial charge in [0.25, 0.3) is 5.91 Å². The van der Waals surface area contributed by atoms with E-state index in [2.05, 4.69) is 5.32 Å². The molecule has 0 unspecified atom stereocenters. The van der Waals surface area contributed by atoms with Gasteiger partial charge in [-0.2, -0.15) is 5.26 Å². The van der Waals surface area contributed by atoms with E-state index < -0.39 is 17.0 Å². The Kier molecular flexibility index (Phi) is 6.02. The average molecular weight is 416 g/mol. The molecule has 2 aromatic carbocycles. The summed E-state index contributed by atoms with van der Waals surface area (Å²) in [6.45, 7) is 0. The lowest BCUT2D eigenvalue weighted by Crippen LogP contribution is -2.31. The number of benzene rings is 2. The number of hydrogen-bond donors (Lipinski definition) is 1. The fourth-order valence-electron chi connectivity index (χ4n) is 2.77. The standard InChI is InChI=1S/C20H15ClFN3O2S/c1-24-18(26)16(11-23)20-25(15-8-6-14(22)7-9-15)19(27)17(28-20)10-12-2-4-13(21)5-3-12/h2-9,17H,10H2,1H3,(H,24,26)/b20-16+/t17-/m1/s1. The van der Waals surface area contributed by atoms with E-state index in [0.717, 1.165) is 17.3 Å². The highest BCUT2D eigenvalue weighted by Gasteiger charge is 2.40. The first-order valence-corrected chi connectivity index (χ1v) is 9.57. The second-order valence-electron chi connectivity index (χ2n) is 5.96. The third kappa shape index (κ3) is 4.03. The molecule has 0 radical (unpaired) electrons. The monoisotopic (exact) mass is 415 g/mol. The Morgan fingerprint density at radius 1 is 1.25 bits per heavy atom. The van der Waals surface area contributed by atoms with Crippen LogP contribution in [-0.4, -0.2) is 24.1 Å². The van der Waals surface area contributed by atoms with Crippen LogP contribution in [0.1, 0.15) is 5.56 Å². The Bertz CT molecular complexity index is 984. The van der Waals surface area contributed by atoms with Crippen LogP contribution in [0.3, 0.4) is 0 Å². The summed E-state index contributed by atoms with van der Waals surface area (Å²) in [6.07, 6.45) is 0.397. The number of amides is 2. The maximum Gasteiger partial charge on any atom is 0.264 e. The van der Waals surface area contributed by atoms with Crippen molar-refractivity contribution in [2.24, 2.45) is 0 Å². The molecule has 0 bridgehead atoms. The number of anilines is 1. The zero-order valence-corrected chi connectivity index (χ0v) is 16.4. The Balaban J connectivity index is 2.03. The van der Waals surface area contributed by atoms with Crippen molar-refractivity contribution in [1.29, 1.82) is 5.26 Å². The summed E-state index contributed by atoms with van der Waals surface area (Å²) in [5.41, 5.74) is 1.13. The van der Waals surface area contributed by atoms with Crippen molar-refractivity contribution in [2.75, 3.05) is 11.9 Å². The number of likely N-dealkylation sites (N-methyl/N-ethyl adjacent to an activating group) is 1. The summed E-state index contributed by atoms with van der Waals surface area (Å²) in [7, 11) is 1.41. The van der Waals surface area contributed by atoms with E-state index in [1.54, 1.807) is 12.1 Å². The molecular formula is C20H15ClFN3O2S. The lowest BCUT2D eigenvalue weighted by molar-refractivity contribution is -0.117. The van der Waals surface area contributed by atoms with Gasteiger partial charge in [-0.25, -0.2) is 4.39 Å². The average Bonchev–Trinajstić information content (AvgIpc) is 3.00. The third-order valence-electron chi connectivity index (χ3n) is 4.15. The van der Waals surface area contributed by atoms with E-state index in [9.17, 15) is 19.2 Å². The van der Waals surface area contributed by atoms with Gasteiger partial charge in [0.15, 0.2) is 0 Å². The van der Waals surface area contributed by atoms with E-state index in [1.165, 1.54) is 36.2 Å². The minimum absolute atomic E-state index is 0.163. The number of nitrogens with zero attached hydrogens (tertiary/aromatic N) is 2. The summed E-state index contributed by atoms with van der Waals surface area (Å²) in [5.74, 6) is -1.31. The highest BCUT2D eigenvalue weighted by atomic mass is 35.5. The molecule has 1 saturated heterocycles. The predicted molar refractivity (Wildman–Crippen MR) is 107 cm³/mol. The highest BCUT2D eigenvalue weighted by molar-refractivity contribution is 8.05. The first-order valence-electron chi connectivity index (χ1n) is 8.31. The van der Waals surface area contributed by atoms with Gasteiger partial charge in [0.2, 0.25) is 5.91 Å². The van der Waals surface area contributed by atoms with Crippen LogP contribution in [0.25, 0.3) is 0 Å². The molecule has 142 valence electrons. The smallest absolute Gasteiger partial charge is 0.264 e. The van der Waals surface area contributed by atoms with Crippen LogP contribution >= 0.6 is 23.4 Å². The van der Waals surface area contributed by atoms with Crippen molar-refractivity contribution in [3.8, 4) is 6.07 Å². The molecule has 8 heteroatoms. The molecule has 1 fully saturated rings. The van der Waals surface area contributed by atoms with Crippen molar-refractivity contribution in [2.45, 2.75) is 11.7 Å². The third-order valence-corrected chi connectivity index (χ3v) is 5.67. The van der Waals surface area contributed by atoms with Gasteiger partial charge in [0.05, 0.1) is 5.25 Å². The van der Waals surface area contributed by atoms with Gasteiger partial charge < -0.3 is 5.32 Å². The molecule has 28 heavy (non-hydrogen) atoms. The Labute approximate surface area is 170 Å². The first kappa shape index (κ1) is 19.9. The fraction of sp³-hybridized carbons (Fsp3) is 0.150. The summed E-state index contributed by atoms with van der Waals surface area (Å²) in [5, 5.41) is 12.2. The second kappa shape index (κ2) is 8.46. The van der Waals surface area contributed by atoms with Crippen LogP contribution in [0.5, 0.6) is 0 Å². The molecule has 1 N–H and O–H groups in total. The molecule has 1 heterocycles. The molecule has 0 aromatic heterocycles. The molecule has 0 spiro atoms. The molecular weight excluding hydrogens is 401 g/mol. The van der Waals surface area contributed by atoms with Crippen LogP contribution in [0, 0.1) is 17.1 Å². The number of carbonyl (C=O) groups excluding carboxylic acids is 2. The van der Waals surface area contributed by atoms with E-state index in [1.807, 2.05) is 18.2 Å². The molecule has 1 aliphatic heterocycles.